The minimum Gasteiger partial charge on any atom is -0.497 e. The summed E-state index contributed by atoms with van der Waals surface area (Å²) in [4.78, 5) is 0. The lowest BCUT2D eigenvalue weighted by molar-refractivity contribution is 0.415. The number of nitriles is 1. The van der Waals surface area contributed by atoms with E-state index in [-0.39, 0.29) is 0 Å². The Morgan fingerprint density at radius 2 is 1.89 bits per heavy atom. The van der Waals surface area contributed by atoms with Crippen LogP contribution in [0.15, 0.2) is 42.5 Å². The van der Waals surface area contributed by atoms with E-state index < -0.39 is 10.0 Å². The third-order valence-electron chi connectivity index (χ3n) is 4.52. The van der Waals surface area contributed by atoms with Gasteiger partial charge >= 0.3 is 0 Å². The highest BCUT2D eigenvalue weighted by Gasteiger charge is 2.17. The molecule has 2 aromatic carbocycles. The number of sulfonamides is 1. The van der Waals surface area contributed by atoms with Crippen molar-refractivity contribution in [3.05, 3.63) is 53.6 Å². The molecule has 0 unspecified atom stereocenters. The summed E-state index contributed by atoms with van der Waals surface area (Å²) in [7, 11) is 0.371. The first-order valence-corrected chi connectivity index (χ1v) is 10.3. The quantitative estimate of drug-likeness (QED) is 0.709. The second kappa shape index (κ2) is 7.43. The SMILES string of the molecule is COc1ccc2c(C#N)c(-c3ccc(CCNS(C)(=O)=O)cc3)n(C)c2c1. The van der Waals surface area contributed by atoms with Crippen molar-refractivity contribution in [1.82, 2.24) is 9.29 Å². The van der Waals surface area contributed by atoms with Crippen LogP contribution in [-0.2, 0) is 23.5 Å². The van der Waals surface area contributed by atoms with E-state index in [1.165, 1.54) is 0 Å². The molecule has 0 saturated carbocycles. The summed E-state index contributed by atoms with van der Waals surface area (Å²) in [6.45, 7) is 0.357. The fourth-order valence-corrected chi connectivity index (χ4v) is 3.68. The molecule has 0 amide bonds. The van der Waals surface area contributed by atoms with Gasteiger partial charge in [0.05, 0.1) is 30.1 Å². The molecule has 7 heteroatoms. The third kappa shape index (κ3) is 3.97. The number of fused-ring (bicyclic) bond motifs is 1. The first kappa shape index (κ1) is 19.0. The fourth-order valence-electron chi connectivity index (χ4n) is 3.20. The number of ether oxygens (including phenoxy) is 1. The molecule has 0 saturated heterocycles. The minimum atomic E-state index is -3.18. The summed E-state index contributed by atoms with van der Waals surface area (Å²) in [6.07, 6.45) is 1.75. The molecule has 0 fully saturated rings. The normalized spacial score (nSPS) is 11.5. The maximum absolute atomic E-state index is 11.1. The topological polar surface area (TPSA) is 84.1 Å². The molecule has 0 spiro atoms. The summed E-state index contributed by atoms with van der Waals surface area (Å²) in [5.41, 5.74) is 4.36. The number of aromatic nitrogens is 1. The number of methoxy groups -OCH3 is 1. The molecule has 0 radical (unpaired) electrons. The molecule has 0 aliphatic carbocycles. The summed E-state index contributed by atoms with van der Waals surface area (Å²) >= 11 is 0. The Labute approximate surface area is 159 Å². The molecule has 27 heavy (non-hydrogen) atoms. The molecule has 1 N–H and O–H groups in total. The number of nitrogens with zero attached hydrogens (tertiary/aromatic N) is 2. The van der Waals surface area contributed by atoms with Crippen molar-refractivity contribution in [1.29, 1.82) is 5.26 Å². The second-order valence-corrected chi connectivity index (χ2v) is 8.22. The third-order valence-corrected chi connectivity index (χ3v) is 5.25. The first-order chi connectivity index (χ1) is 12.8. The van der Waals surface area contributed by atoms with Gasteiger partial charge in [-0.05, 0) is 29.7 Å². The first-order valence-electron chi connectivity index (χ1n) is 8.44. The van der Waals surface area contributed by atoms with Crippen molar-refractivity contribution >= 4 is 20.9 Å². The van der Waals surface area contributed by atoms with E-state index in [4.69, 9.17) is 4.74 Å². The van der Waals surface area contributed by atoms with Gasteiger partial charge in [-0.15, -0.1) is 0 Å². The van der Waals surface area contributed by atoms with Gasteiger partial charge < -0.3 is 9.30 Å². The van der Waals surface area contributed by atoms with Crippen LogP contribution in [0.2, 0.25) is 0 Å². The lowest BCUT2D eigenvalue weighted by atomic mass is 10.0. The van der Waals surface area contributed by atoms with Crippen molar-refractivity contribution in [2.45, 2.75) is 6.42 Å². The Bertz CT molecular complexity index is 1120. The maximum Gasteiger partial charge on any atom is 0.208 e. The predicted octanol–water partition coefficient (Wildman–Crippen LogP) is 2.82. The molecule has 1 heterocycles. The lowest BCUT2D eigenvalue weighted by Crippen LogP contribution is -2.24. The van der Waals surface area contributed by atoms with Crippen LogP contribution in [0.5, 0.6) is 5.75 Å². The zero-order valence-electron chi connectivity index (χ0n) is 15.5. The molecule has 0 atom stereocenters. The zero-order valence-corrected chi connectivity index (χ0v) is 16.3. The average Bonchev–Trinajstić information content (AvgIpc) is 2.92. The van der Waals surface area contributed by atoms with Crippen molar-refractivity contribution in [2.24, 2.45) is 7.05 Å². The Morgan fingerprint density at radius 3 is 2.48 bits per heavy atom. The van der Waals surface area contributed by atoms with Gasteiger partial charge in [0.1, 0.15) is 11.8 Å². The van der Waals surface area contributed by atoms with Crippen LogP contribution in [0.4, 0.5) is 0 Å². The van der Waals surface area contributed by atoms with Crippen LogP contribution in [0.25, 0.3) is 22.2 Å². The summed E-state index contributed by atoms with van der Waals surface area (Å²) < 4.78 is 32.1. The van der Waals surface area contributed by atoms with Crippen LogP contribution in [0.3, 0.4) is 0 Å². The molecule has 3 aromatic rings. The Balaban J connectivity index is 1.95. The van der Waals surface area contributed by atoms with Crippen molar-refractivity contribution in [3.63, 3.8) is 0 Å². The van der Waals surface area contributed by atoms with E-state index in [9.17, 15) is 13.7 Å². The number of benzene rings is 2. The van der Waals surface area contributed by atoms with E-state index in [1.807, 2.05) is 54.1 Å². The van der Waals surface area contributed by atoms with Crippen molar-refractivity contribution in [3.8, 4) is 23.1 Å². The van der Waals surface area contributed by atoms with Crippen LogP contribution in [-0.4, -0.2) is 32.9 Å². The number of hydrogen-bond donors (Lipinski definition) is 1. The van der Waals surface area contributed by atoms with E-state index in [2.05, 4.69) is 10.8 Å². The van der Waals surface area contributed by atoms with Gasteiger partial charge in [-0.2, -0.15) is 5.26 Å². The second-order valence-electron chi connectivity index (χ2n) is 6.39. The molecule has 0 bridgehead atoms. The van der Waals surface area contributed by atoms with Crippen molar-refractivity contribution < 1.29 is 13.2 Å². The Hall–Kier alpha value is -2.82. The summed E-state index contributed by atoms with van der Waals surface area (Å²) in [6, 6.07) is 15.8. The van der Waals surface area contributed by atoms with E-state index >= 15 is 0 Å². The average molecular weight is 383 g/mol. The molecular weight excluding hydrogens is 362 g/mol. The van der Waals surface area contributed by atoms with Crippen LogP contribution < -0.4 is 9.46 Å². The molecule has 140 valence electrons. The van der Waals surface area contributed by atoms with Gasteiger partial charge in [-0.25, -0.2) is 13.1 Å². The van der Waals surface area contributed by atoms with Gasteiger partial charge in [-0.3, -0.25) is 0 Å². The standard InChI is InChI=1S/C20H21N3O3S/c1-23-19-12-16(26-2)8-9-17(19)18(13-21)20(23)15-6-4-14(5-7-15)10-11-22-27(3,24)25/h4-9,12,22H,10-11H2,1-3H3. The monoisotopic (exact) mass is 383 g/mol. The minimum absolute atomic E-state index is 0.357. The summed E-state index contributed by atoms with van der Waals surface area (Å²) in [5, 5.41) is 10.6. The van der Waals surface area contributed by atoms with Gasteiger partial charge in [0, 0.05) is 25.0 Å². The van der Waals surface area contributed by atoms with Crippen LogP contribution in [0, 0.1) is 11.3 Å². The van der Waals surface area contributed by atoms with Gasteiger partial charge in [0.25, 0.3) is 0 Å². The lowest BCUT2D eigenvalue weighted by Gasteiger charge is -2.08. The van der Waals surface area contributed by atoms with Crippen molar-refractivity contribution in [2.75, 3.05) is 19.9 Å². The summed E-state index contributed by atoms with van der Waals surface area (Å²) in [5.74, 6) is 0.743. The number of rotatable bonds is 6. The molecule has 6 nitrogen and oxygen atoms in total. The maximum atomic E-state index is 11.1. The van der Waals surface area contributed by atoms with E-state index in [0.29, 0.717) is 18.5 Å². The molecular formula is C20H21N3O3S. The van der Waals surface area contributed by atoms with Gasteiger partial charge in [0.2, 0.25) is 10.0 Å². The molecule has 0 aliphatic heterocycles. The fraction of sp³-hybridized carbons (Fsp3) is 0.250. The Morgan fingerprint density at radius 1 is 1.19 bits per heavy atom. The highest BCUT2D eigenvalue weighted by molar-refractivity contribution is 7.88. The molecule has 3 rings (SSSR count). The number of hydrogen-bond acceptors (Lipinski definition) is 4. The smallest absolute Gasteiger partial charge is 0.208 e. The largest absolute Gasteiger partial charge is 0.497 e. The zero-order chi connectivity index (χ0) is 19.6. The van der Waals surface area contributed by atoms with E-state index in [0.717, 1.165) is 39.7 Å². The Kier molecular flexibility index (Phi) is 5.22. The highest BCUT2D eigenvalue weighted by Crippen LogP contribution is 2.34. The van der Waals surface area contributed by atoms with Gasteiger partial charge in [0.15, 0.2) is 0 Å². The van der Waals surface area contributed by atoms with E-state index in [1.54, 1.807) is 7.11 Å². The molecule has 1 aromatic heterocycles. The number of aryl methyl sites for hydroxylation is 1. The number of nitrogens with one attached hydrogen (secondary N) is 1. The molecule has 0 aliphatic rings. The van der Waals surface area contributed by atoms with Gasteiger partial charge in [-0.1, -0.05) is 24.3 Å². The predicted molar refractivity (Wildman–Crippen MR) is 106 cm³/mol. The highest BCUT2D eigenvalue weighted by atomic mass is 32.2. The van der Waals surface area contributed by atoms with Crippen LogP contribution in [0.1, 0.15) is 11.1 Å². The van der Waals surface area contributed by atoms with Crippen LogP contribution >= 0.6 is 0 Å².